The van der Waals surface area contributed by atoms with E-state index in [4.69, 9.17) is 11.6 Å². The molecule has 0 bridgehead atoms. The summed E-state index contributed by atoms with van der Waals surface area (Å²) in [7, 11) is 0. The van der Waals surface area contributed by atoms with Crippen LogP contribution in [0.4, 0.5) is 0 Å². The first-order chi connectivity index (χ1) is 7.83. The number of aromatic nitrogens is 1. The molecule has 1 saturated heterocycles. The number of fused-ring (bicyclic) bond motifs is 1. The molecule has 2 atom stereocenters. The van der Waals surface area contributed by atoms with Crippen LogP contribution in [-0.2, 0) is 0 Å². The van der Waals surface area contributed by atoms with Gasteiger partial charge in [0.2, 0.25) is 0 Å². The van der Waals surface area contributed by atoms with Gasteiger partial charge in [0.1, 0.15) is 5.15 Å². The van der Waals surface area contributed by atoms with Crippen LogP contribution in [0.3, 0.4) is 0 Å². The molecular formula is C13H15ClN2. The fourth-order valence-corrected chi connectivity index (χ4v) is 2.89. The summed E-state index contributed by atoms with van der Waals surface area (Å²) in [5.74, 6) is 1.56. The van der Waals surface area contributed by atoms with E-state index in [1.807, 2.05) is 12.3 Å². The van der Waals surface area contributed by atoms with Crippen LogP contribution in [0.5, 0.6) is 0 Å². The molecule has 3 heteroatoms. The smallest absolute Gasteiger partial charge is 0.129 e. The number of allylic oxidation sites excluding steroid dienone is 2. The van der Waals surface area contributed by atoms with Crippen LogP contribution < -0.4 is 5.32 Å². The molecule has 0 radical (unpaired) electrons. The third-order valence-electron chi connectivity index (χ3n) is 3.66. The SMILES string of the molecule is Clc1ccc(C2=C[C@@H]3CCNC[C@@H]3C2)cn1. The standard InChI is InChI=1S/C13H15ClN2/c14-13-2-1-10(8-16-13)11-5-9-3-4-15-7-12(9)6-11/h1-2,5,8-9,12,15H,3-4,6-7H2/t9-,12-/m0/s1. The quantitative estimate of drug-likeness (QED) is 0.756. The Balaban J connectivity index is 1.83. The number of rotatable bonds is 1. The number of halogens is 1. The van der Waals surface area contributed by atoms with E-state index >= 15 is 0 Å². The first-order valence-electron chi connectivity index (χ1n) is 5.86. The Bertz CT molecular complexity index is 410. The highest BCUT2D eigenvalue weighted by molar-refractivity contribution is 6.29. The van der Waals surface area contributed by atoms with Gasteiger partial charge >= 0.3 is 0 Å². The third-order valence-corrected chi connectivity index (χ3v) is 3.89. The third kappa shape index (κ3) is 1.87. The van der Waals surface area contributed by atoms with Crippen molar-refractivity contribution in [3.63, 3.8) is 0 Å². The Morgan fingerprint density at radius 1 is 1.38 bits per heavy atom. The molecule has 0 unspecified atom stereocenters. The predicted molar refractivity (Wildman–Crippen MR) is 66.3 cm³/mol. The lowest BCUT2D eigenvalue weighted by molar-refractivity contribution is 0.324. The average molecular weight is 235 g/mol. The Morgan fingerprint density at radius 2 is 2.31 bits per heavy atom. The first kappa shape index (κ1) is 10.3. The molecule has 2 nitrogen and oxygen atoms in total. The molecule has 0 saturated carbocycles. The maximum Gasteiger partial charge on any atom is 0.129 e. The zero-order chi connectivity index (χ0) is 11.0. The van der Waals surface area contributed by atoms with Gasteiger partial charge in [0.05, 0.1) is 0 Å². The second kappa shape index (κ2) is 4.19. The van der Waals surface area contributed by atoms with Gasteiger partial charge in [0, 0.05) is 6.20 Å². The number of nitrogens with one attached hydrogen (secondary N) is 1. The fraction of sp³-hybridized carbons (Fsp3) is 0.462. The molecule has 0 aromatic carbocycles. The van der Waals surface area contributed by atoms with Crippen LogP contribution in [0, 0.1) is 11.8 Å². The fourth-order valence-electron chi connectivity index (χ4n) is 2.77. The number of nitrogens with zero attached hydrogens (tertiary/aromatic N) is 1. The van der Waals surface area contributed by atoms with Gasteiger partial charge in [0.15, 0.2) is 0 Å². The van der Waals surface area contributed by atoms with Crippen molar-refractivity contribution in [2.45, 2.75) is 12.8 Å². The van der Waals surface area contributed by atoms with Gasteiger partial charge in [-0.05, 0) is 55.0 Å². The number of pyridine rings is 1. The van der Waals surface area contributed by atoms with Gasteiger partial charge in [-0.3, -0.25) is 0 Å². The largest absolute Gasteiger partial charge is 0.316 e. The highest BCUT2D eigenvalue weighted by Crippen LogP contribution is 2.38. The lowest BCUT2D eigenvalue weighted by Crippen LogP contribution is -2.33. The minimum absolute atomic E-state index is 0.571. The lowest BCUT2D eigenvalue weighted by atomic mass is 9.89. The van der Waals surface area contributed by atoms with Crippen molar-refractivity contribution in [2.75, 3.05) is 13.1 Å². The summed E-state index contributed by atoms with van der Waals surface area (Å²) >= 11 is 5.80. The van der Waals surface area contributed by atoms with E-state index < -0.39 is 0 Å². The van der Waals surface area contributed by atoms with Crippen molar-refractivity contribution in [1.82, 2.24) is 10.3 Å². The minimum Gasteiger partial charge on any atom is -0.316 e. The van der Waals surface area contributed by atoms with Gasteiger partial charge in [-0.1, -0.05) is 23.7 Å². The molecule has 1 aliphatic carbocycles. The van der Waals surface area contributed by atoms with Crippen LogP contribution in [0.25, 0.3) is 5.57 Å². The summed E-state index contributed by atoms with van der Waals surface area (Å²) in [5.41, 5.74) is 2.68. The average Bonchev–Trinajstić information content (AvgIpc) is 2.73. The molecule has 1 aliphatic heterocycles. The zero-order valence-electron chi connectivity index (χ0n) is 9.12. The topological polar surface area (TPSA) is 24.9 Å². The van der Waals surface area contributed by atoms with E-state index in [9.17, 15) is 0 Å². The highest BCUT2D eigenvalue weighted by atomic mass is 35.5. The van der Waals surface area contributed by atoms with Gasteiger partial charge in [-0.2, -0.15) is 0 Å². The first-order valence-corrected chi connectivity index (χ1v) is 6.24. The molecule has 0 amide bonds. The van der Waals surface area contributed by atoms with Gasteiger partial charge < -0.3 is 5.32 Å². The van der Waals surface area contributed by atoms with Crippen LogP contribution in [0.1, 0.15) is 18.4 Å². The second-order valence-corrected chi connectivity index (χ2v) is 5.07. The number of hydrogen-bond donors (Lipinski definition) is 1. The molecule has 0 spiro atoms. The summed E-state index contributed by atoms with van der Waals surface area (Å²) < 4.78 is 0. The number of piperidine rings is 1. The molecule has 2 heterocycles. The summed E-state index contributed by atoms with van der Waals surface area (Å²) in [6.45, 7) is 2.31. The van der Waals surface area contributed by atoms with Crippen molar-refractivity contribution < 1.29 is 0 Å². The van der Waals surface area contributed by atoms with E-state index in [2.05, 4.69) is 22.4 Å². The van der Waals surface area contributed by atoms with Crippen LogP contribution in [0.2, 0.25) is 5.15 Å². The summed E-state index contributed by atoms with van der Waals surface area (Å²) in [5, 5.41) is 4.04. The molecule has 84 valence electrons. The molecule has 1 fully saturated rings. The zero-order valence-corrected chi connectivity index (χ0v) is 9.87. The van der Waals surface area contributed by atoms with Crippen molar-refractivity contribution in [2.24, 2.45) is 11.8 Å². The summed E-state index contributed by atoms with van der Waals surface area (Å²) in [6, 6.07) is 3.95. The van der Waals surface area contributed by atoms with Crippen LogP contribution >= 0.6 is 11.6 Å². The molecule has 2 aliphatic rings. The van der Waals surface area contributed by atoms with Crippen molar-refractivity contribution >= 4 is 17.2 Å². The Kier molecular flexibility index (Phi) is 2.70. The van der Waals surface area contributed by atoms with Gasteiger partial charge in [0.25, 0.3) is 0 Å². The van der Waals surface area contributed by atoms with Crippen molar-refractivity contribution in [1.29, 1.82) is 0 Å². The maximum absolute atomic E-state index is 5.80. The van der Waals surface area contributed by atoms with E-state index in [0.29, 0.717) is 5.15 Å². The Hall–Kier alpha value is -0.860. The van der Waals surface area contributed by atoms with Crippen molar-refractivity contribution in [3.05, 3.63) is 35.1 Å². The molecular weight excluding hydrogens is 220 g/mol. The van der Waals surface area contributed by atoms with E-state index in [0.717, 1.165) is 24.9 Å². The van der Waals surface area contributed by atoms with E-state index in [1.54, 1.807) is 0 Å². The molecule has 1 aromatic rings. The Labute approximate surface area is 101 Å². The summed E-state index contributed by atoms with van der Waals surface area (Å²) in [4.78, 5) is 4.15. The van der Waals surface area contributed by atoms with E-state index in [1.165, 1.54) is 24.0 Å². The maximum atomic E-state index is 5.80. The molecule has 1 N–H and O–H groups in total. The molecule has 3 rings (SSSR count). The minimum atomic E-state index is 0.571. The molecule has 1 aromatic heterocycles. The van der Waals surface area contributed by atoms with E-state index in [-0.39, 0.29) is 0 Å². The van der Waals surface area contributed by atoms with Crippen LogP contribution in [-0.4, -0.2) is 18.1 Å². The van der Waals surface area contributed by atoms with Gasteiger partial charge in [-0.15, -0.1) is 0 Å². The van der Waals surface area contributed by atoms with Crippen molar-refractivity contribution in [3.8, 4) is 0 Å². The van der Waals surface area contributed by atoms with Gasteiger partial charge in [-0.25, -0.2) is 4.98 Å². The highest BCUT2D eigenvalue weighted by Gasteiger charge is 2.29. The monoisotopic (exact) mass is 234 g/mol. The second-order valence-electron chi connectivity index (χ2n) is 4.68. The predicted octanol–water partition coefficient (Wildman–Crippen LogP) is 2.75. The summed E-state index contributed by atoms with van der Waals surface area (Å²) in [6.07, 6.45) is 6.78. The lowest BCUT2D eigenvalue weighted by Gasteiger charge is -2.25. The number of hydrogen-bond acceptors (Lipinski definition) is 2. The Morgan fingerprint density at radius 3 is 3.06 bits per heavy atom. The van der Waals surface area contributed by atoms with Crippen LogP contribution in [0.15, 0.2) is 24.4 Å². The normalized spacial score (nSPS) is 28.7. The molecule has 16 heavy (non-hydrogen) atoms.